The molecule has 0 heterocycles. The zero-order chi connectivity index (χ0) is 10.9. The number of hydrogen-bond acceptors (Lipinski definition) is 1. The highest BCUT2D eigenvalue weighted by Crippen LogP contribution is 2.40. The zero-order valence-electron chi connectivity index (χ0n) is 8.77. The van der Waals surface area contributed by atoms with Crippen molar-refractivity contribution in [3.63, 3.8) is 0 Å². The van der Waals surface area contributed by atoms with Crippen LogP contribution in [0.15, 0.2) is 21.7 Å². The van der Waals surface area contributed by atoms with Crippen LogP contribution in [0.2, 0.25) is 0 Å². The normalized spacial score (nSPS) is 33.3. The van der Waals surface area contributed by atoms with Gasteiger partial charge in [0.2, 0.25) is 0 Å². The third-order valence-electron chi connectivity index (χ3n) is 2.55. The lowest BCUT2D eigenvalue weighted by Crippen LogP contribution is -2.35. The molecule has 1 aliphatic rings. The average Bonchev–Trinajstić information content (AvgIpc) is 2.11. The number of allylic oxidation sites excluding steroid dienone is 2. The first-order chi connectivity index (χ1) is 6.40. The minimum Gasteiger partial charge on any atom is -0.387 e. The van der Waals surface area contributed by atoms with E-state index in [4.69, 9.17) is 0 Å². The van der Waals surface area contributed by atoms with Crippen molar-refractivity contribution in [3.05, 3.63) is 21.7 Å². The molecular formula is C11H16Br2O. The summed E-state index contributed by atoms with van der Waals surface area (Å²) in [7, 11) is 0. The maximum atomic E-state index is 9.98. The Labute approximate surface area is 103 Å². The molecule has 2 atom stereocenters. The smallest absolute Gasteiger partial charge is 0.0947 e. The van der Waals surface area contributed by atoms with Crippen molar-refractivity contribution in [2.75, 3.05) is 0 Å². The quantitative estimate of drug-likeness (QED) is 0.764. The predicted molar refractivity (Wildman–Crippen MR) is 68.0 cm³/mol. The molecule has 1 aliphatic carbocycles. The lowest BCUT2D eigenvalue weighted by molar-refractivity contribution is 0.188. The van der Waals surface area contributed by atoms with Gasteiger partial charge in [-0.25, -0.2) is 0 Å². The van der Waals surface area contributed by atoms with Gasteiger partial charge in [0.25, 0.3) is 0 Å². The fraction of sp³-hybridized carbons (Fsp3) is 0.636. The van der Waals surface area contributed by atoms with E-state index in [0.29, 0.717) is 0 Å². The molecule has 0 fully saturated rings. The van der Waals surface area contributed by atoms with Crippen molar-refractivity contribution < 1.29 is 5.11 Å². The van der Waals surface area contributed by atoms with E-state index in [1.807, 2.05) is 13.8 Å². The lowest BCUT2D eigenvalue weighted by atomic mass is 9.88. The van der Waals surface area contributed by atoms with Crippen molar-refractivity contribution in [2.24, 2.45) is 0 Å². The van der Waals surface area contributed by atoms with E-state index < -0.39 is 6.10 Å². The summed E-state index contributed by atoms with van der Waals surface area (Å²) >= 11 is 7.10. The van der Waals surface area contributed by atoms with Gasteiger partial charge in [-0.3, -0.25) is 0 Å². The minimum atomic E-state index is -0.447. The van der Waals surface area contributed by atoms with Crippen LogP contribution in [0.5, 0.6) is 0 Å². The number of aliphatic hydroxyl groups is 1. The fourth-order valence-electron chi connectivity index (χ4n) is 1.73. The van der Waals surface area contributed by atoms with Crippen LogP contribution in [0, 0.1) is 0 Å². The number of rotatable bonds is 2. The van der Waals surface area contributed by atoms with Gasteiger partial charge in [0, 0.05) is 4.48 Å². The molecule has 0 aromatic rings. The molecule has 0 amide bonds. The van der Waals surface area contributed by atoms with Gasteiger partial charge < -0.3 is 5.11 Å². The molecule has 2 unspecified atom stereocenters. The summed E-state index contributed by atoms with van der Waals surface area (Å²) < 4.78 is 0.752. The number of hydrogen-bond donors (Lipinski definition) is 1. The average molecular weight is 324 g/mol. The molecule has 0 bridgehead atoms. The van der Waals surface area contributed by atoms with Crippen LogP contribution in [0.3, 0.4) is 0 Å². The summed E-state index contributed by atoms with van der Waals surface area (Å²) in [6.45, 7) is 6.13. The number of alkyl halides is 1. The van der Waals surface area contributed by atoms with Crippen LogP contribution in [-0.2, 0) is 0 Å². The van der Waals surface area contributed by atoms with Crippen LogP contribution >= 0.6 is 31.9 Å². The first-order valence-corrected chi connectivity index (χ1v) is 6.44. The maximum absolute atomic E-state index is 9.98. The first-order valence-electron chi connectivity index (χ1n) is 4.85. The first kappa shape index (κ1) is 12.5. The van der Waals surface area contributed by atoms with E-state index in [1.165, 1.54) is 5.57 Å². The monoisotopic (exact) mass is 322 g/mol. The largest absolute Gasteiger partial charge is 0.387 e. The van der Waals surface area contributed by atoms with E-state index >= 15 is 0 Å². The molecule has 1 nitrogen and oxygen atoms in total. The van der Waals surface area contributed by atoms with Crippen LogP contribution in [0.4, 0.5) is 0 Å². The summed E-state index contributed by atoms with van der Waals surface area (Å²) in [6.07, 6.45) is 3.83. The van der Waals surface area contributed by atoms with E-state index in [9.17, 15) is 5.11 Å². The fourth-order valence-corrected chi connectivity index (χ4v) is 2.88. The van der Waals surface area contributed by atoms with Gasteiger partial charge in [0.1, 0.15) is 0 Å². The van der Waals surface area contributed by atoms with E-state index in [1.54, 1.807) is 0 Å². The van der Waals surface area contributed by atoms with Crippen LogP contribution in [0.1, 0.15) is 33.6 Å². The molecule has 0 radical (unpaired) electrons. The summed E-state index contributed by atoms with van der Waals surface area (Å²) in [5, 5.41) is 9.98. The minimum absolute atomic E-state index is 0.321. The Hall–Kier alpha value is 0.400. The second kappa shape index (κ2) is 4.50. The summed E-state index contributed by atoms with van der Waals surface area (Å²) in [5.41, 5.74) is 2.30. The van der Waals surface area contributed by atoms with Crippen LogP contribution in [0.25, 0.3) is 0 Å². The molecule has 0 aromatic carbocycles. The van der Waals surface area contributed by atoms with Gasteiger partial charge in [-0.2, -0.15) is 0 Å². The van der Waals surface area contributed by atoms with Crippen molar-refractivity contribution in [2.45, 2.75) is 44.0 Å². The van der Waals surface area contributed by atoms with E-state index in [0.717, 1.165) is 22.9 Å². The highest BCUT2D eigenvalue weighted by Gasteiger charge is 2.34. The van der Waals surface area contributed by atoms with Crippen molar-refractivity contribution in [1.29, 1.82) is 0 Å². The molecule has 0 aliphatic heterocycles. The van der Waals surface area contributed by atoms with Gasteiger partial charge in [-0.1, -0.05) is 51.3 Å². The number of halogens is 2. The Kier molecular flexibility index (Phi) is 4.01. The topological polar surface area (TPSA) is 20.2 Å². The van der Waals surface area contributed by atoms with Gasteiger partial charge >= 0.3 is 0 Å². The molecule has 0 aromatic heterocycles. The predicted octanol–water partition coefficient (Wildman–Crippen LogP) is 3.91. The Balaban J connectivity index is 3.07. The number of aliphatic hydroxyl groups excluding tert-OH is 1. The van der Waals surface area contributed by atoms with E-state index in [-0.39, 0.29) is 4.32 Å². The van der Waals surface area contributed by atoms with Crippen LogP contribution in [-0.4, -0.2) is 15.5 Å². The summed E-state index contributed by atoms with van der Waals surface area (Å²) in [6, 6.07) is 0. The zero-order valence-corrected chi connectivity index (χ0v) is 11.9. The molecule has 0 saturated heterocycles. The van der Waals surface area contributed by atoms with Crippen molar-refractivity contribution in [1.82, 2.24) is 0 Å². The van der Waals surface area contributed by atoms with Gasteiger partial charge in [0.05, 0.1) is 10.4 Å². The Bertz CT molecular complexity index is 290. The molecule has 0 saturated carbocycles. The summed E-state index contributed by atoms with van der Waals surface area (Å²) in [4.78, 5) is 0. The second-order valence-electron chi connectivity index (χ2n) is 3.97. The Morgan fingerprint density at radius 2 is 2.14 bits per heavy atom. The third kappa shape index (κ3) is 2.31. The molecule has 14 heavy (non-hydrogen) atoms. The third-order valence-corrected chi connectivity index (χ3v) is 4.35. The highest BCUT2D eigenvalue weighted by molar-refractivity contribution is 9.12. The van der Waals surface area contributed by atoms with Gasteiger partial charge in [0.15, 0.2) is 0 Å². The molecule has 3 heteroatoms. The molecule has 1 N–H and O–H groups in total. The van der Waals surface area contributed by atoms with Gasteiger partial charge in [-0.05, 0) is 31.4 Å². The van der Waals surface area contributed by atoms with Crippen molar-refractivity contribution >= 4 is 31.9 Å². The Morgan fingerprint density at radius 1 is 1.57 bits per heavy atom. The molecule has 0 spiro atoms. The molecule has 80 valence electrons. The van der Waals surface area contributed by atoms with Gasteiger partial charge in [-0.15, -0.1) is 0 Å². The highest BCUT2D eigenvalue weighted by atomic mass is 79.9. The second-order valence-corrected chi connectivity index (χ2v) is 6.47. The van der Waals surface area contributed by atoms with E-state index in [2.05, 4.69) is 44.9 Å². The standard InChI is InChI=1S/C11H16Br2O/c1-4-5-8-6-11(3,13)10(14)7(2)9(8)12/h6,10,14H,4-5H2,1-3H3. The van der Waals surface area contributed by atoms with Crippen LogP contribution < -0.4 is 0 Å². The molecular weight excluding hydrogens is 308 g/mol. The maximum Gasteiger partial charge on any atom is 0.0947 e. The molecule has 1 rings (SSSR count). The van der Waals surface area contributed by atoms with Crippen molar-refractivity contribution in [3.8, 4) is 0 Å². The Morgan fingerprint density at radius 3 is 2.64 bits per heavy atom. The lowest BCUT2D eigenvalue weighted by Gasteiger charge is -2.32. The summed E-state index contributed by atoms with van der Waals surface area (Å²) in [5.74, 6) is 0. The SMILES string of the molecule is CCCC1=CC(C)(Br)C(O)C(C)=C1Br.